The summed E-state index contributed by atoms with van der Waals surface area (Å²) in [5, 5.41) is 4.17. The lowest BCUT2D eigenvalue weighted by Gasteiger charge is -2.27. The number of hydrogen-bond acceptors (Lipinski definition) is 6. The number of rotatable bonds is 2. The van der Waals surface area contributed by atoms with Crippen LogP contribution in [0.3, 0.4) is 0 Å². The molecule has 3 rings (SSSR count). The molecule has 90 valence electrons. The zero-order chi connectivity index (χ0) is 11.7. The van der Waals surface area contributed by atoms with Crippen molar-refractivity contribution in [1.29, 1.82) is 0 Å². The van der Waals surface area contributed by atoms with Crippen LogP contribution in [0.2, 0.25) is 0 Å². The van der Waals surface area contributed by atoms with Crippen molar-refractivity contribution in [3.05, 3.63) is 12.2 Å². The van der Waals surface area contributed by atoms with Gasteiger partial charge in [0.15, 0.2) is 0 Å². The first-order valence-electron chi connectivity index (χ1n) is 5.78. The van der Waals surface area contributed by atoms with Gasteiger partial charge < -0.3 is 9.64 Å². The van der Waals surface area contributed by atoms with Crippen LogP contribution in [0.5, 0.6) is 0 Å². The minimum absolute atomic E-state index is 0.610. The van der Waals surface area contributed by atoms with Crippen LogP contribution < -0.4 is 4.90 Å². The van der Waals surface area contributed by atoms with Crippen molar-refractivity contribution in [2.24, 2.45) is 0 Å². The van der Waals surface area contributed by atoms with Crippen molar-refractivity contribution in [3.63, 3.8) is 0 Å². The first-order valence-corrected chi connectivity index (χ1v) is 5.78. The highest BCUT2D eigenvalue weighted by Gasteiger charge is 2.17. The highest BCUT2D eigenvalue weighted by molar-refractivity contribution is 5.40. The predicted molar refractivity (Wildman–Crippen MR) is 61.0 cm³/mol. The predicted octanol–water partition coefficient (Wildman–Crippen LogP) is -0.0817. The van der Waals surface area contributed by atoms with Gasteiger partial charge >= 0.3 is 0 Å². The van der Waals surface area contributed by atoms with Gasteiger partial charge in [-0.2, -0.15) is 24.6 Å². The van der Waals surface area contributed by atoms with E-state index in [9.17, 15) is 0 Å². The van der Waals surface area contributed by atoms with Crippen molar-refractivity contribution in [3.8, 4) is 0 Å². The molecule has 0 saturated carbocycles. The Kier molecular flexibility index (Phi) is 2.60. The molecule has 0 bridgehead atoms. The van der Waals surface area contributed by atoms with Crippen LogP contribution in [0, 0.1) is 0 Å². The Labute approximate surface area is 98.5 Å². The average Bonchev–Trinajstić information content (AvgIpc) is 2.86. The van der Waals surface area contributed by atoms with Crippen LogP contribution in [0.1, 0.15) is 12.7 Å². The van der Waals surface area contributed by atoms with Crippen LogP contribution in [0.15, 0.2) is 6.33 Å². The third-order valence-electron chi connectivity index (χ3n) is 2.79. The van der Waals surface area contributed by atoms with E-state index in [-0.39, 0.29) is 0 Å². The van der Waals surface area contributed by atoms with Gasteiger partial charge in [-0.15, -0.1) is 0 Å². The van der Waals surface area contributed by atoms with E-state index in [1.165, 1.54) is 6.33 Å². The molecule has 1 aliphatic rings. The van der Waals surface area contributed by atoms with Gasteiger partial charge in [-0.05, 0) is 0 Å². The molecule has 0 unspecified atom stereocenters. The van der Waals surface area contributed by atoms with Crippen molar-refractivity contribution < 1.29 is 4.74 Å². The zero-order valence-electron chi connectivity index (χ0n) is 9.70. The largest absolute Gasteiger partial charge is 0.378 e. The standard InChI is InChI=1S/C10H14N6O/c1-2-8-13-9-11-7-12-16(9)10(14-8)15-3-5-17-6-4-15/h7H,2-6H2,1H3. The van der Waals surface area contributed by atoms with Gasteiger partial charge in [-0.3, -0.25) is 0 Å². The van der Waals surface area contributed by atoms with Crippen LogP contribution >= 0.6 is 0 Å². The summed E-state index contributed by atoms with van der Waals surface area (Å²) in [5.41, 5.74) is 0. The molecule has 0 spiro atoms. The maximum absolute atomic E-state index is 5.34. The van der Waals surface area contributed by atoms with E-state index in [0.29, 0.717) is 5.78 Å². The minimum atomic E-state index is 0.610. The van der Waals surface area contributed by atoms with E-state index in [4.69, 9.17) is 4.74 Å². The smallest absolute Gasteiger partial charge is 0.257 e. The summed E-state index contributed by atoms with van der Waals surface area (Å²) in [6, 6.07) is 0. The lowest BCUT2D eigenvalue weighted by Crippen LogP contribution is -2.38. The van der Waals surface area contributed by atoms with Crippen LogP contribution in [-0.2, 0) is 11.2 Å². The van der Waals surface area contributed by atoms with Gasteiger partial charge in [0, 0.05) is 19.5 Å². The molecular formula is C10H14N6O. The second kappa shape index (κ2) is 4.25. The third-order valence-corrected chi connectivity index (χ3v) is 2.79. The second-order valence-electron chi connectivity index (χ2n) is 3.86. The van der Waals surface area contributed by atoms with Gasteiger partial charge in [0.2, 0.25) is 5.95 Å². The van der Waals surface area contributed by atoms with Gasteiger partial charge in [0.1, 0.15) is 12.2 Å². The molecule has 7 heteroatoms. The minimum Gasteiger partial charge on any atom is -0.378 e. The third kappa shape index (κ3) is 1.82. The maximum Gasteiger partial charge on any atom is 0.257 e. The van der Waals surface area contributed by atoms with Gasteiger partial charge in [0.05, 0.1) is 13.2 Å². The number of ether oxygens (including phenoxy) is 1. The molecule has 0 aliphatic carbocycles. The molecule has 0 aromatic carbocycles. The van der Waals surface area contributed by atoms with Crippen LogP contribution in [0.25, 0.3) is 5.78 Å². The molecule has 1 saturated heterocycles. The summed E-state index contributed by atoms with van der Waals surface area (Å²) in [6.07, 6.45) is 2.30. The van der Waals surface area contributed by atoms with Gasteiger partial charge in [-0.1, -0.05) is 6.92 Å². The molecule has 0 radical (unpaired) electrons. The molecule has 7 nitrogen and oxygen atoms in total. The Morgan fingerprint density at radius 3 is 2.88 bits per heavy atom. The Balaban J connectivity index is 2.08. The molecule has 1 fully saturated rings. The van der Waals surface area contributed by atoms with Crippen LogP contribution in [0.4, 0.5) is 5.95 Å². The Hall–Kier alpha value is -1.76. The molecule has 2 aromatic rings. The highest BCUT2D eigenvalue weighted by atomic mass is 16.5. The van der Waals surface area contributed by atoms with Crippen LogP contribution in [-0.4, -0.2) is 50.9 Å². The fraction of sp³-hybridized carbons (Fsp3) is 0.600. The number of nitrogens with zero attached hydrogens (tertiary/aromatic N) is 6. The molecule has 17 heavy (non-hydrogen) atoms. The summed E-state index contributed by atoms with van der Waals surface area (Å²) in [6.45, 7) is 5.14. The summed E-state index contributed by atoms with van der Waals surface area (Å²) >= 11 is 0. The number of fused-ring (bicyclic) bond motifs is 1. The second-order valence-corrected chi connectivity index (χ2v) is 3.86. The number of hydrogen-bond donors (Lipinski definition) is 0. The number of morpholine rings is 1. The van der Waals surface area contributed by atoms with E-state index in [1.807, 2.05) is 6.92 Å². The van der Waals surface area contributed by atoms with Crippen molar-refractivity contribution in [2.75, 3.05) is 31.2 Å². The Morgan fingerprint density at radius 2 is 2.12 bits per heavy atom. The lowest BCUT2D eigenvalue weighted by atomic mass is 10.4. The van der Waals surface area contributed by atoms with E-state index in [2.05, 4.69) is 25.0 Å². The number of aromatic nitrogens is 5. The van der Waals surface area contributed by atoms with Gasteiger partial charge in [-0.25, -0.2) is 0 Å². The molecule has 3 heterocycles. The summed E-state index contributed by atoms with van der Waals surface area (Å²) in [7, 11) is 0. The molecular weight excluding hydrogens is 220 g/mol. The van der Waals surface area contributed by atoms with Crippen molar-refractivity contribution >= 4 is 11.7 Å². The summed E-state index contributed by atoms with van der Waals surface area (Å²) < 4.78 is 7.03. The van der Waals surface area contributed by atoms with E-state index >= 15 is 0 Å². The van der Waals surface area contributed by atoms with E-state index in [0.717, 1.165) is 44.5 Å². The fourth-order valence-electron chi connectivity index (χ4n) is 1.88. The lowest BCUT2D eigenvalue weighted by molar-refractivity contribution is 0.121. The highest BCUT2D eigenvalue weighted by Crippen LogP contribution is 2.13. The first-order chi connectivity index (χ1) is 8.38. The summed E-state index contributed by atoms with van der Waals surface area (Å²) in [5.74, 6) is 2.22. The van der Waals surface area contributed by atoms with E-state index in [1.54, 1.807) is 4.52 Å². The molecule has 1 aliphatic heterocycles. The average molecular weight is 234 g/mol. The normalized spacial score (nSPS) is 16.6. The molecule has 2 aromatic heterocycles. The number of anilines is 1. The quantitative estimate of drug-likeness (QED) is 0.724. The monoisotopic (exact) mass is 234 g/mol. The van der Waals surface area contributed by atoms with E-state index < -0.39 is 0 Å². The Bertz CT molecular complexity index is 518. The van der Waals surface area contributed by atoms with Crippen molar-refractivity contribution in [2.45, 2.75) is 13.3 Å². The first kappa shape index (κ1) is 10.4. The topological polar surface area (TPSA) is 68.4 Å². The molecule has 0 amide bonds. The summed E-state index contributed by atoms with van der Waals surface area (Å²) in [4.78, 5) is 15.1. The molecule has 0 N–H and O–H groups in total. The van der Waals surface area contributed by atoms with Gasteiger partial charge in [0.25, 0.3) is 5.78 Å². The number of aryl methyl sites for hydroxylation is 1. The maximum atomic E-state index is 5.34. The molecule has 0 atom stereocenters. The fourth-order valence-corrected chi connectivity index (χ4v) is 1.88. The SMILES string of the molecule is CCc1nc(N2CCOCC2)n2ncnc2n1. The van der Waals surface area contributed by atoms with Crippen molar-refractivity contribution in [1.82, 2.24) is 24.6 Å². The Morgan fingerprint density at radius 1 is 1.29 bits per heavy atom. The zero-order valence-corrected chi connectivity index (χ0v) is 9.70.